The van der Waals surface area contributed by atoms with Crippen molar-refractivity contribution in [3.05, 3.63) is 65.5 Å². The highest BCUT2D eigenvalue weighted by Crippen LogP contribution is 2.49. The van der Waals surface area contributed by atoms with Gasteiger partial charge in [0.15, 0.2) is 0 Å². The normalized spacial score (nSPS) is 28.6. The molecule has 3 nitrogen and oxygen atoms in total. The van der Waals surface area contributed by atoms with Gasteiger partial charge in [0.1, 0.15) is 11.6 Å². The Morgan fingerprint density at radius 2 is 1.89 bits per heavy atom. The third-order valence-electron chi connectivity index (χ3n) is 6.46. The van der Waals surface area contributed by atoms with Gasteiger partial charge in [-0.05, 0) is 43.0 Å². The third kappa shape index (κ3) is 3.61. The fraction of sp³-hybridized carbons (Fsp3) is 0.478. The lowest BCUT2D eigenvalue weighted by atomic mass is 9.66. The number of fused-ring (bicyclic) bond motifs is 1. The predicted molar refractivity (Wildman–Crippen MR) is 104 cm³/mol. The van der Waals surface area contributed by atoms with Gasteiger partial charge in [0.05, 0.1) is 12.7 Å². The summed E-state index contributed by atoms with van der Waals surface area (Å²) in [5, 5.41) is 11.3. The topological polar surface area (TPSA) is 32.7 Å². The number of benzene rings is 2. The van der Waals surface area contributed by atoms with Crippen molar-refractivity contribution in [1.29, 1.82) is 0 Å². The molecule has 1 saturated carbocycles. The van der Waals surface area contributed by atoms with Crippen LogP contribution in [0.15, 0.2) is 48.5 Å². The van der Waals surface area contributed by atoms with Gasteiger partial charge < -0.3 is 9.84 Å². The van der Waals surface area contributed by atoms with Gasteiger partial charge in [0.2, 0.25) is 0 Å². The molecule has 1 saturated heterocycles. The lowest BCUT2D eigenvalue weighted by molar-refractivity contribution is -0.126. The molecule has 1 N–H and O–H groups in total. The second-order valence-electron chi connectivity index (χ2n) is 7.99. The summed E-state index contributed by atoms with van der Waals surface area (Å²) in [5.41, 5.74) is 1.30. The van der Waals surface area contributed by atoms with Gasteiger partial charge in [-0.1, -0.05) is 43.2 Å². The number of aliphatic hydroxyl groups is 1. The number of hydrogen-bond donors (Lipinski definition) is 1. The number of hydrogen-bond acceptors (Lipinski definition) is 3. The average molecular weight is 369 g/mol. The van der Waals surface area contributed by atoms with Gasteiger partial charge in [-0.3, -0.25) is 4.90 Å². The van der Waals surface area contributed by atoms with Crippen LogP contribution in [0.1, 0.15) is 49.3 Å². The predicted octanol–water partition coefficient (Wildman–Crippen LogP) is 4.70. The van der Waals surface area contributed by atoms with E-state index in [0.717, 1.165) is 50.0 Å². The van der Waals surface area contributed by atoms with E-state index in [0.29, 0.717) is 6.54 Å². The van der Waals surface area contributed by atoms with Crippen molar-refractivity contribution in [2.45, 2.75) is 50.3 Å². The molecule has 0 radical (unpaired) electrons. The maximum Gasteiger partial charge on any atom is 0.127 e. The van der Waals surface area contributed by atoms with Crippen LogP contribution >= 0.6 is 0 Å². The maximum atomic E-state index is 14.3. The number of methoxy groups -OCH3 is 1. The number of ether oxygens (including phenoxy) is 1. The summed E-state index contributed by atoms with van der Waals surface area (Å²) in [4.78, 5) is 2.35. The Kier molecular flexibility index (Phi) is 5.20. The second-order valence-corrected chi connectivity index (χ2v) is 7.99. The molecule has 2 aliphatic rings. The van der Waals surface area contributed by atoms with E-state index in [2.05, 4.69) is 17.0 Å². The second kappa shape index (κ2) is 7.61. The first-order chi connectivity index (χ1) is 13.1. The van der Waals surface area contributed by atoms with E-state index in [4.69, 9.17) is 4.74 Å². The van der Waals surface area contributed by atoms with Crippen LogP contribution in [0.3, 0.4) is 0 Å². The van der Waals surface area contributed by atoms with Crippen LogP contribution in [0.5, 0.6) is 5.75 Å². The number of likely N-dealkylation sites (tertiary alicyclic amines) is 1. The van der Waals surface area contributed by atoms with Crippen LogP contribution in [0.25, 0.3) is 0 Å². The summed E-state index contributed by atoms with van der Waals surface area (Å²) in [7, 11) is 1.67. The Labute approximate surface area is 160 Å². The van der Waals surface area contributed by atoms with Crippen LogP contribution in [0, 0.1) is 11.7 Å². The molecule has 1 heterocycles. The summed E-state index contributed by atoms with van der Waals surface area (Å²) in [6, 6.07) is 15.3. The van der Waals surface area contributed by atoms with Crippen molar-refractivity contribution in [2.75, 3.05) is 13.7 Å². The van der Waals surface area contributed by atoms with Gasteiger partial charge in [-0.25, -0.2) is 4.39 Å². The smallest absolute Gasteiger partial charge is 0.127 e. The molecule has 0 amide bonds. The molecular weight excluding hydrogens is 341 g/mol. The highest BCUT2D eigenvalue weighted by molar-refractivity contribution is 5.31. The Bertz CT molecular complexity index is 778. The molecule has 1 aliphatic heterocycles. The summed E-state index contributed by atoms with van der Waals surface area (Å²) in [6.45, 7) is 1.34. The zero-order valence-electron chi connectivity index (χ0n) is 15.9. The first kappa shape index (κ1) is 18.5. The average Bonchev–Trinajstić information content (AvgIpc) is 2.70. The van der Waals surface area contributed by atoms with Crippen molar-refractivity contribution in [1.82, 2.24) is 4.90 Å². The third-order valence-corrected chi connectivity index (χ3v) is 6.46. The fourth-order valence-corrected chi connectivity index (χ4v) is 5.01. The summed E-state index contributed by atoms with van der Waals surface area (Å²) >= 11 is 0. The van der Waals surface area contributed by atoms with Gasteiger partial charge in [0.25, 0.3) is 0 Å². The minimum absolute atomic E-state index is 0.0922. The monoisotopic (exact) mass is 369 g/mol. The van der Waals surface area contributed by atoms with Crippen molar-refractivity contribution in [2.24, 2.45) is 5.92 Å². The minimum Gasteiger partial charge on any atom is -0.497 e. The van der Waals surface area contributed by atoms with Gasteiger partial charge >= 0.3 is 0 Å². The van der Waals surface area contributed by atoms with E-state index in [9.17, 15) is 9.50 Å². The zero-order chi connectivity index (χ0) is 18.9. The molecule has 4 rings (SSSR count). The first-order valence-corrected chi connectivity index (χ1v) is 9.94. The van der Waals surface area contributed by atoms with Gasteiger partial charge in [0, 0.05) is 30.6 Å². The Balaban J connectivity index is 1.69. The number of nitrogens with zero attached hydrogens (tertiary/aromatic N) is 1. The molecule has 2 aromatic carbocycles. The van der Waals surface area contributed by atoms with Crippen molar-refractivity contribution >= 4 is 0 Å². The van der Waals surface area contributed by atoms with Crippen LogP contribution in [0.4, 0.5) is 4.39 Å². The molecule has 2 fully saturated rings. The van der Waals surface area contributed by atoms with E-state index in [1.54, 1.807) is 13.2 Å². The first-order valence-electron chi connectivity index (χ1n) is 9.94. The lowest BCUT2D eigenvalue weighted by Gasteiger charge is -2.52. The maximum absolute atomic E-state index is 14.3. The van der Waals surface area contributed by atoms with E-state index < -0.39 is 5.60 Å². The van der Waals surface area contributed by atoms with Crippen LogP contribution in [-0.2, 0) is 6.54 Å². The van der Waals surface area contributed by atoms with E-state index in [1.165, 1.54) is 11.6 Å². The van der Waals surface area contributed by atoms with Crippen molar-refractivity contribution < 1.29 is 14.2 Å². The fourth-order valence-electron chi connectivity index (χ4n) is 5.01. The Morgan fingerprint density at radius 1 is 1.11 bits per heavy atom. The SMILES string of the molecule is COc1ccc(C2C3CCCCC3(O)CCN2Cc2ccccc2F)cc1. The summed E-state index contributed by atoms with van der Waals surface area (Å²) in [6.07, 6.45) is 4.89. The largest absolute Gasteiger partial charge is 0.497 e. The molecule has 0 bridgehead atoms. The molecule has 1 aliphatic carbocycles. The van der Waals surface area contributed by atoms with E-state index in [-0.39, 0.29) is 17.8 Å². The van der Waals surface area contributed by atoms with Crippen LogP contribution < -0.4 is 4.74 Å². The lowest BCUT2D eigenvalue weighted by Crippen LogP contribution is -2.54. The van der Waals surface area contributed by atoms with Crippen LogP contribution in [-0.4, -0.2) is 29.3 Å². The van der Waals surface area contributed by atoms with Gasteiger partial charge in [-0.15, -0.1) is 0 Å². The minimum atomic E-state index is -0.603. The standard InChI is InChI=1S/C23H28FNO2/c1-27-19-11-9-17(10-12-19)22-20-7-4-5-13-23(20,26)14-15-25(22)16-18-6-2-3-8-21(18)24/h2-3,6,8-12,20,22,26H,4-5,7,13-16H2,1H3. The molecule has 4 heteroatoms. The number of rotatable bonds is 4. The quantitative estimate of drug-likeness (QED) is 0.848. The molecule has 144 valence electrons. The number of halogens is 1. The molecule has 2 aromatic rings. The summed E-state index contributed by atoms with van der Waals surface area (Å²) in [5.74, 6) is 0.852. The van der Waals surface area contributed by atoms with Crippen molar-refractivity contribution in [3.63, 3.8) is 0 Å². The van der Waals surface area contributed by atoms with Crippen molar-refractivity contribution in [3.8, 4) is 5.75 Å². The number of piperidine rings is 1. The molecule has 27 heavy (non-hydrogen) atoms. The highest BCUT2D eigenvalue weighted by Gasteiger charge is 2.48. The summed E-state index contributed by atoms with van der Waals surface area (Å²) < 4.78 is 19.6. The molecule has 3 atom stereocenters. The Morgan fingerprint density at radius 3 is 2.63 bits per heavy atom. The van der Waals surface area contributed by atoms with E-state index >= 15 is 0 Å². The molecule has 0 spiro atoms. The van der Waals surface area contributed by atoms with Gasteiger partial charge in [-0.2, -0.15) is 0 Å². The zero-order valence-corrected chi connectivity index (χ0v) is 15.9. The molecular formula is C23H28FNO2. The molecule has 3 unspecified atom stereocenters. The highest BCUT2D eigenvalue weighted by atomic mass is 19.1. The van der Waals surface area contributed by atoms with E-state index in [1.807, 2.05) is 24.3 Å². The Hall–Kier alpha value is -1.91. The van der Waals surface area contributed by atoms with Crippen LogP contribution in [0.2, 0.25) is 0 Å². The molecule has 0 aromatic heterocycles.